The molecule has 0 aliphatic carbocycles. The molecule has 1 aliphatic rings. The molecule has 0 saturated carbocycles. The van der Waals surface area contributed by atoms with Gasteiger partial charge in [0.05, 0.1) is 17.7 Å². The van der Waals surface area contributed by atoms with Crippen LogP contribution in [0.15, 0.2) is 29.6 Å². The average molecular weight is 826 g/mol. The molecule has 13 nitrogen and oxygen atoms in total. The Hall–Kier alpha value is -3.62. The number of aryl methyl sites for hydroxylation is 1. The van der Waals surface area contributed by atoms with Gasteiger partial charge in [-0.05, 0) is 56.3 Å². The number of alkyl halides is 9. The Morgan fingerprint density at radius 2 is 1.39 bits per heavy atom. The van der Waals surface area contributed by atoms with Crippen LogP contribution >= 0.6 is 11.3 Å². The van der Waals surface area contributed by atoms with Crippen LogP contribution in [0.5, 0.6) is 11.5 Å². The van der Waals surface area contributed by atoms with Crippen molar-refractivity contribution in [3.05, 3.63) is 41.0 Å². The van der Waals surface area contributed by atoms with Gasteiger partial charge < -0.3 is 18.4 Å². The molecule has 0 radical (unpaired) electrons. The maximum atomic E-state index is 13.4. The Kier molecular flexibility index (Phi) is 11.3. The fraction of sp³-hybridized carbons (Fsp3) is 0.440. The van der Waals surface area contributed by atoms with E-state index in [-0.39, 0.29) is 17.5 Å². The van der Waals surface area contributed by atoms with Crippen molar-refractivity contribution in [2.45, 2.75) is 55.8 Å². The summed E-state index contributed by atoms with van der Waals surface area (Å²) in [5.74, 6) is -0.909. The summed E-state index contributed by atoms with van der Waals surface area (Å²) in [4.78, 5) is 20.4. The summed E-state index contributed by atoms with van der Waals surface area (Å²) in [6, 6.07) is 6.28. The van der Waals surface area contributed by atoms with Gasteiger partial charge in [0.1, 0.15) is 5.69 Å². The minimum absolute atomic E-state index is 0.157. The van der Waals surface area contributed by atoms with Crippen LogP contribution in [0.1, 0.15) is 37.0 Å². The predicted octanol–water partition coefficient (Wildman–Crippen LogP) is 5.64. The smallest absolute Gasteiger partial charge is 0.493 e. The maximum absolute atomic E-state index is 13.4. The minimum atomic E-state index is -6.85. The number of hydrogen-bond donors (Lipinski definition) is 0. The fourth-order valence-corrected chi connectivity index (χ4v) is 6.73. The third kappa shape index (κ3) is 8.72. The molecular weight excluding hydrogens is 802 g/mol. The van der Waals surface area contributed by atoms with Crippen LogP contribution in [-0.2, 0) is 46.9 Å². The number of imidazole rings is 1. The number of benzene rings is 1. The third-order valence-electron chi connectivity index (χ3n) is 6.70. The second kappa shape index (κ2) is 13.7. The quantitative estimate of drug-likeness (QED) is 0.164. The van der Waals surface area contributed by atoms with E-state index in [1.807, 2.05) is 41.9 Å². The number of hydrogen-bond acceptors (Lipinski definition) is 12. The number of carbonyl (C=O) groups excluding carboxylic acids is 1. The second-order valence-corrected chi connectivity index (χ2v) is 16.8. The first-order valence-corrected chi connectivity index (χ1v) is 18.4. The SMILES string of the molecule is COc1cc2c(cc1OS(=O)(=O)C(F)(F)F)-c1c(-c3cccs3)nc(C(=O)N(C)C(C)(C)C)n1CC2.O=S(=O)(OS(=O)(=O)C(F)(F)F)C(F)(F)F. The van der Waals surface area contributed by atoms with Crippen molar-refractivity contribution in [3.8, 4) is 33.3 Å². The summed E-state index contributed by atoms with van der Waals surface area (Å²) in [7, 11) is -16.8. The van der Waals surface area contributed by atoms with Crippen LogP contribution < -0.4 is 8.92 Å². The molecule has 3 aromatic rings. The van der Waals surface area contributed by atoms with E-state index >= 15 is 0 Å². The van der Waals surface area contributed by atoms with Crippen molar-refractivity contribution in [1.29, 1.82) is 0 Å². The van der Waals surface area contributed by atoms with Crippen LogP contribution in [0.25, 0.3) is 21.8 Å². The topological polar surface area (TPSA) is 168 Å². The summed E-state index contributed by atoms with van der Waals surface area (Å²) in [5, 5.41) is 1.84. The fourth-order valence-electron chi connectivity index (χ4n) is 3.99. The molecular formula is C25H24F9N3O10S4. The van der Waals surface area contributed by atoms with Gasteiger partial charge in [-0.1, -0.05) is 6.07 Å². The Morgan fingerprint density at radius 3 is 1.82 bits per heavy atom. The minimum Gasteiger partial charge on any atom is -0.493 e. The van der Waals surface area contributed by atoms with Gasteiger partial charge >= 0.3 is 46.9 Å². The van der Waals surface area contributed by atoms with Gasteiger partial charge in [-0.15, -0.1) is 15.0 Å². The molecule has 0 unspecified atom stereocenters. The van der Waals surface area contributed by atoms with E-state index in [4.69, 9.17) is 4.74 Å². The number of nitrogens with zero attached hydrogens (tertiary/aromatic N) is 3. The number of aromatic nitrogens is 2. The van der Waals surface area contributed by atoms with Crippen molar-refractivity contribution in [3.63, 3.8) is 0 Å². The maximum Gasteiger partial charge on any atom is 0.534 e. The van der Waals surface area contributed by atoms with Gasteiger partial charge in [0.25, 0.3) is 5.91 Å². The summed E-state index contributed by atoms with van der Waals surface area (Å²) >= 11 is 1.39. The van der Waals surface area contributed by atoms with Crippen LogP contribution in [0.4, 0.5) is 39.5 Å². The molecule has 286 valence electrons. The van der Waals surface area contributed by atoms with E-state index in [0.717, 1.165) is 4.88 Å². The Balaban J connectivity index is 0.000000396. The molecule has 1 aliphatic heterocycles. The lowest BCUT2D eigenvalue weighted by atomic mass is 9.96. The van der Waals surface area contributed by atoms with Crippen molar-refractivity contribution in [1.82, 2.24) is 14.5 Å². The number of ether oxygens (including phenoxy) is 1. The lowest BCUT2D eigenvalue weighted by Gasteiger charge is -2.32. The monoisotopic (exact) mass is 825 g/mol. The Labute approximate surface area is 287 Å². The predicted molar refractivity (Wildman–Crippen MR) is 160 cm³/mol. The van der Waals surface area contributed by atoms with E-state index in [1.54, 1.807) is 16.5 Å². The first-order valence-electron chi connectivity index (χ1n) is 13.3. The van der Waals surface area contributed by atoms with E-state index in [9.17, 15) is 69.6 Å². The van der Waals surface area contributed by atoms with E-state index in [2.05, 4.69) is 9.17 Å². The lowest BCUT2D eigenvalue weighted by molar-refractivity contribution is -0.0586. The highest BCUT2D eigenvalue weighted by Crippen LogP contribution is 2.45. The van der Waals surface area contributed by atoms with Crippen molar-refractivity contribution in [2.75, 3.05) is 14.2 Å². The number of methoxy groups -OCH3 is 1. The molecule has 0 bridgehead atoms. The molecule has 0 fully saturated rings. The Bertz CT molecular complexity index is 2080. The highest BCUT2D eigenvalue weighted by molar-refractivity contribution is 8.00. The normalized spacial score (nSPS) is 14.2. The lowest BCUT2D eigenvalue weighted by Crippen LogP contribution is -2.43. The van der Waals surface area contributed by atoms with Gasteiger partial charge in [0, 0.05) is 24.7 Å². The van der Waals surface area contributed by atoms with Crippen LogP contribution in [0, 0.1) is 0 Å². The van der Waals surface area contributed by atoms with Gasteiger partial charge in [-0.3, -0.25) is 4.79 Å². The van der Waals surface area contributed by atoms with Crippen molar-refractivity contribution >= 4 is 47.6 Å². The van der Waals surface area contributed by atoms with Gasteiger partial charge in [-0.2, -0.15) is 64.8 Å². The zero-order valence-electron chi connectivity index (χ0n) is 26.3. The highest BCUT2D eigenvalue weighted by atomic mass is 32.3. The summed E-state index contributed by atoms with van der Waals surface area (Å²) in [5.41, 5.74) is -16.6. The molecule has 1 aromatic carbocycles. The summed E-state index contributed by atoms with van der Waals surface area (Å²) in [6.07, 6.45) is 0.407. The molecule has 51 heavy (non-hydrogen) atoms. The molecule has 0 spiro atoms. The van der Waals surface area contributed by atoms with Crippen LogP contribution in [-0.4, -0.2) is 81.8 Å². The van der Waals surface area contributed by atoms with E-state index in [0.29, 0.717) is 35.5 Å². The highest BCUT2D eigenvalue weighted by Gasteiger charge is 2.57. The number of amides is 1. The van der Waals surface area contributed by atoms with Crippen LogP contribution in [0.2, 0.25) is 0 Å². The molecule has 4 rings (SSSR count). The van der Waals surface area contributed by atoms with Crippen molar-refractivity contribution < 1.29 is 82.1 Å². The number of thiophene rings is 1. The largest absolute Gasteiger partial charge is 0.534 e. The number of fused-ring (bicyclic) bond motifs is 3. The zero-order chi connectivity index (χ0) is 39.3. The molecule has 0 atom stereocenters. The number of halogens is 9. The van der Waals surface area contributed by atoms with E-state index in [1.165, 1.54) is 30.6 Å². The van der Waals surface area contributed by atoms with Gasteiger partial charge in [-0.25, -0.2) is 4.98 Å². The van der Waals surface area contributed by atoms with Crippen LogP contribution in [0.3, 0.4) is 0 Å². The summed E-state index contributed by atoms with van der Waals surface area (Å²) < 4.78 is 184. The molecule has 2 aromatic heterocycles. The molecule has 3 heterocycles. The third-order valence-corrected chi connectivity index (χ3v) is 11.1. The molecule has 0 saturated heterocycles. The zero-order valence-corrected chi connectivity index (χ0v) is 29.5. The van der Waals surface area contributed by atoms with Crippen molar-refractivity contribution in [2.24, 2.45) is 0 Å². The standard InChI is InChI=1S/C23H24F3N3O5S2.C2F6O5S2/c1-22(2,3)28(4)21(30)20-27-18(17-7-6-10-35-17)19-14-12-16(34-36(31,32)23(24,25)26)15(33-5)11-13(14)8-9-29(19)20;3-1(4,5)14(9,10)13-15(11,12)2(6,7)8/h6-7,10-12H,8-9H2,1-5H3;. The molecule has 0 N–H and O–H groups in total. The first-order chi connectivity index (χ1) is 22.9. The first kappa shape index (κ1) is 41.8. The summed E-state index contributed by atoms with van der Waals surface area (Å²) in [6.45, 7) is 6.04. The van der Waals surface area contributed by atoms with Gasteiger partial charge in [0.15, 0.2) is 17.3 Å². The number of rotatable bonds is 7. The Morgan fingerprint density at radius 1 is 0.863 bits per heavy atom. The second-order valence-electron chi connectivity index (χ2n) is 11.1. The molecule has 26 heteroatoms. The van der Waals surface area contributed by atoms with E-state index < -0.39 is 58.2 Å². The average Bonchev–Trinajstić information content (AvgIpc) is 3.62. The molecule has 1 amide bonds. The van der Waals surface area contributed by atoms with Gasteiger partial charge in [0.2, 0.25) is 0 Å². The number of carbonyl (C=O) groups is 1.